The van der Waals surface area contributed by atoms with Gasteiger partial charge in [0.2, 0.25) is 0 Å². The van der Waals surface area contributed by atoms with Crippen molar-refractivity contribution in [3.63, 3.8) is 0 Å². The van der Waals surface area contributed by atoms with E-state index in [0.29, 0.717) is 13.2 Å². The minimum atomic E-state index is -0.381. The summed E-state index contributed by atoms with van der Waals surface area (Å²) in [7, 11) is 3.69. The normalized spacial score (nSPS) is 11.2. The van der Waals surface area contributed by atoms with E-state index in [-0.39, 0.29) is 6.29 Å². The van der Waals surface area contributed by atoms with E-state index in [1.807, 2.05) is 27.9 Å². The van der Waals surface area contributed by atoms with Crippen LogP contribution in [0.2, 0.25) is 0 Å². The van der Waals surface area contributed by atoms with Crippen molar-refractivity contribution in [2.45, 2.75) is 20.1 Å². The van der Waals surface area contributed by atoms with Gasteiger partial charge in [0.1, 0.15) is 0 Å². The third-order valence-electron chi connectivity index (χ3n) is 1.39. The second kappa shape index (κ2) is 7.53. The van der Waals surface area contributed by atoms with Crippen molar-refractivity contribution in [3.8, 4) is 0 Å². The lowest BCUT2D eigenvalue weighted by Gasteiger charge is -2.16. The van der Waals surface area contributed by atoms with Crippen molar-refractivity contribution < 1.29 is 9.47 Å². The quantitative estimate of drug-likeness (QED) is 0.355. The highest BCUT2D eigenvalue weighted by Crippen LogP contribution is 2.04. The number of rotatable bonds is 7. The number of hydrazone groups is 1. The summed E-state index contributed by atoms with van der Waals surface area (Å²) in [5.74, 6) is 0. The maximum atomic E-state index is 5.34. The Balaban J connectivity index is 4.13. The summed E-state index contributed by atoms with van der Waals surface area (Å²) in [6, 6.07) is 0. The molecule has 0 spiro atoms. The van der Waals surface area contributed by atoms with Gasteiger partial charge in [-0.15, -0.1) is 0 Å². The monoisotopic (exact) mass is 200 g/mol. The average Bonchev–Trinajstić information content (AvgIpc) is 2.14. The molecule has 0 aliphatic rings. The Morgan fingerprint density at radius 3 is 2.21 bits per heavy atom. The van der Waals surface area contributed by atoms with Gasteiger partial charge in [-0.05, 0) is 13.8 Å². The standard InChI is InChI=1S/C10H20N2O2/c1-6-13-10(14-7-2)9(3)8-11-12(4)5/h8,10H,3,6-7H2,1-2,4-5H3/b11-8+. The maximum absolute atomic E-state index is 5.34. The summed E-state index contributed by atoms with van der Waals surface area (Å²) in [4.78, 5) is 0. The second-order valence-electron chi connectivity index (χ2n) is 2.91. The van der Waals surface area contributed by atoms with Crippen LogP contribution in [-0.4, -0.2) is 44.8 Å². The van der Waals surface area contributed by atoms with Crippen LogP contribution in [-0.2, 0) is 9.47 Å². The fraction of sp³-hybridized carbons (Fsp3) is 0.700. The Bertz CT molecular complexity index is 185. The van der Waals surface area contributed by atoms with Crippen molar-refractivity contribution in [1.82, 2.24) is 5.01 Å². The Morgan fingerprint density at radius 1 is 1.36 bits per heavy atom. The van der Waals surface area contributed by atoms with Gasteiger partial charge in [-0.2, -0.15) is 5.10 Å². The molecule has 0 radical (unpaired) electrons. The van der Waals surface area contributed by atoms with E-state index in [1.165, 1.54) is 0 Å². The van der Waals surface area contributed by atoms with Crippen LogP contribution in [0.4, 0.5) is 0 Å². The van der Waals surface area contributed by atoms with E-state index in [2.05, 4.69) is 11.7 Å². The Hall–Kier alpha value is -0.870. The molecule has 0 N–H and O–H groups in total. The highest BCUT2D eigenvalue weighted by atomic mass is 16.7. The molecule has 0 aromatic rings. The molecule has 0 saturated heterocycles. The zero-order valence-electron chi connectivity index (χ0n) is 9.49. The first-order valence-electron chi connectivity index (χ1n) is 4.75. The van der Waals surface area contributed by atoms with Crippen LogP contribution in [0, 0.1) is 0 Å². The van der Waals surface area contributed by atoms with E-state index in [4.69, 9.17) is 9.47 Å². The number of hydrogen-bond donors (Lipinski definition) is 0. The van der Waals surface area contributed by atoms with Gasteiger partial charge in [-0.1, -0.05) is 6.58 Å². The van der Waals surface area contributed by atoms with Crippen LogP contribution >= 0.6 is 0 Å². The van der Waals surface area contributed by atoms with Gasteiger partial charge in [0.25, 0.3) is 0 Å². The highest BCUT2D eigenvalue weighted by Gasteiger charge is 2.10. The van der Waals surface area contributed by atoms with E-state index in [0.717, 1.165) is 5.57 Å². The molecular weight excluding hydrogens is 180 g/mol. The van der Waals surface area contributed by atoms with Crippen LogP contribution in [0.25, 0.3) is 0 Å². The molecule has 0 aromatic carbocycles. The van der Waals surface area contributed by atoms with Crippen molar-refractivity contribution in [3.05, 3.63) is 12.2 Å². The molecule has 82 valence electrons. The molecule has 4 heteroatoms. The smallest absolute Gasteiger partial charge is 0.184 e. The zero-order valence-corrected chi connectivity index (χ0v) is 9.49. The summed E-state index contributed by atoms with van der Waals surface area (Å²) in [6.07, 6.45) is 1.27. The minimum Gasteiger partial charge on any atom is -0.349 e. The van der Waals surface area contributed by atoms with Crippen molar-refractivity contribution in [2.75, 3.05) is 27.3 Å². The molecule has 0 amide bonds. The van der Waals surface area contributed by atoms with E-state index in [9.17, 15) is 0 Å². The van der Waals surface area contributed by atoms with Gasteiger partial charge in [0, 0.05) is 32.9 Å². The van der Waals surface area contributed by atoms with Crippen LogP contribution < -0.4 is 0 Å². The third-order valence-corrected chi connectivity index (χ3v) is 1.39. The lowest BCUT2D eigenvalue weighted by Crippen LogP contribution is -2.20. The van der Waals surface area contributed by atoms with Gasteiger partial charge >= 0.3 is 0 Å². The lowest BCUT2D eigenvalue weighted by atomic mass is 10.3. The third kappa shape index (κ3) is 5.72. The molecule has 14 heavy (non-hydrogen) atoms. The van der Waals surface area contributed by atoms with Crippen molar-refractivity contribution >= 4 is 6.21 Å². The molecule has 4 nitrogen and oxygen atoms in total. The first-order valence-corrected chi connectivity index (χ1v) is 4.75. The first-order chi connectivity index (χ1) is 6.61. The Morgan fingerprint density at radius 2 is 1.86 bits per heavy atom. The number of hydrogen-bond acceptors (Lipinski definition) is 4. The van der Waals surface area contributed by atoms with Crippen molar-refractivity contribution in [2.24, 2.45) is 5.10 Å². The topological polar surface area (TPSA) is 34.1 Å². The molecule has 0 atom stereocenters. The maximum Gasteiger partial charge on any atom is 0.184 e. The largest absolute Gasteiger partial charge is 0.349 e. The zero-order chi connectivity index (χ0) is 11.0. The summed E-state index contributed by atoms with van der Waals surface area (Å²) >= 11 is 0. The first kappa shape index (κ1) is 13.1. The minimum absolute atomic E-state index is 0.381. The molecule has 0 aromatic heterocycles. The number of ether oxygens (including phenoxy) is 2. The van der Waals surface area contributed by atoms with E-state index >= 15 is 0 Å². The van der Waals surface area contributed by atoms with Gasteiger partial charge in [0.05, 0.1) is 6.21 Å². The molecule has 0 rings (SSSR count). The molecular formula is C10H20N2O2. The molecule has 0 saturated carbocycles. The van der Waals surface area contributed by atoms with Crippen LogP contribution in [0.15, 0.2) is 17.3 Å². The fourth-order valence-corrected chi connectivity index (χ4v) is 0.815. The summed E-state index contributed by atoms with van der Waals surface area (Å²) in [5, 5.41) is 5.75. The molecule has 0 aliphatic carbocycles. The molecule has 0 unspecified atom stereocenters. The summed E-state index contributed by atoms with van der Waals surface area (Å²) < 4.78 is 10.7. The predicted octanol–water partition coefficient (Wildman–Crippen LogP) is 1.49. The van der Waals surface area contributed by atoms with Crippen molar-refractivity contribution in [1.29, 1.82) is 0 Å². The van der Waals surface area contributed by atoms with Crippen LogP contribution in [0.3, 0.4) is 0 Å². The average molecular weight is 200 g/mol. The summed E-state index contributed by atoms with van der Waals surface area (Å²) in [6.45, 7) is 8.87. The summed E-state index contributed by atoms with van der Waals surface area (Å²) in [5.41, 5.74) is 0.724. The van der Waals surface area contributed by atoms with E-state index < -0.39 is 0 Å². The molecule has 0 fully saturated rings. The highest BCUT2D eigenvalue weighted by molar-refractivity contribution is 5.78. The van der Waals surface area contributed by atoms with Gasteiger partial charge < -0.3 is 14.5 Å². The Kier molecular flexibility index (Phi) is 7.06. The lowest BCUT2D eigenvalue weighted by molar-refractivity contribution is -0.107. The number of nitrogens with zero attached hydrogens (tertiary/aromatic N) is 2. The van der Waals surface area contributed by atoms with Gasteiger partial charge in [-0.25, -0.2) is 0 Å². The Labute approximate surface area is 86.2 Å². The second-order valence-corrected chi connectivity index (χ2v) is 2.91. The van der Waals surface area contributed by atoms with Crippen LogP contribution in [0.5, 0.6) is 0 Å². The molecule has 0 aliphatic heterocycles. The van der Waals surface area contributed by atoms with Gasteiger partial charge in [-0.3, -0.25) is 0 Å². The predicted molar refractivity (Wildman–Crippen MR) is 58.4 cm³/mol. The fourth-order valence-electron chi connectivity index (χ4n) is 0.815. The molecule has 0 heterocycles. The molecule has 0 bridgehead atoms. The SMILES string of the molecule is C=C(/C=N/N(C)C)C(OCC)OCC. The van der Waals surface area contributed by atoms with Crippen LogP contribution in [0.1, 0.15) is 13.8 Å². The van der Waals surface area contributed by atoms with Gasteiger partial charge in [0.15, 0.2) is 6.29 Å². The van der Waals surface area contributed by atoms with E-state index in [1.54, 1.807) is 11.2 Å².